The Morgan fingerprint density at radius 2 is 1.68 bits per heavy atom. The molecule has 0 fully saturated rings. The number of benzene rings is 3. The topological polar surface area (TPSA) is 63.2 Å². The molecule has 1 heterocycles. The van der Waals surface area contributed by atoms with Gasteiger partial charge in [-0.15, -0.1) is 11.3 Å². The zero-order valence-corrected chi connectivity index (χ0v) is 19.9. The summed E-state index contributed by atoms with van der Waals surface area (Å²) in [5, 5.41) is 7.31. The van der Waals surface area contributed by atoms with Crippen LogP contribution in [0, 0.1) is 11.6 Å². The molecule has 37 heavy (non-hydrogen) atoms. The molecular formula is C26H20F5N3O2S. The minimum atomic E-state index is -4.20. The number of ether oxygens (including phenoxy) is 1. The molecule has 0 saturated heterocycles. The second-order valence-electron chi connectivity index (χ2n) is 8.04. The van der Waals surface area contributed by atoms with Crippen LogP contribution in [-0.4, -0.2) is 23.8 Å². The maximum absolute atomic E-state index is 14.8. The lowest BCUT2D eigenvalue weighted by Gasteiger charge is -2.36. The standard InChI is InChI=1S/C26H20F5N3O2S/c27-16-26(30,31)36-22-13-19(12-21(29)14-22)25(15-17-4-2-1-3-5-17,18-6-8-20(28)9-7-18)34-23(35)33-24-32-10-11-37-24/h1-14H,15-16H2,(H2,32,33,34,35)/t25-/m1/s1. The first-order chi connectivity index (χ1) is 17.7. The predicted octanol–water partition coefficient (Wildman–Crippen LogP) is 6.67. The van der Waals surface area contributed by atoms with Crippen molar-refractivity contribution in [3.05, 3.63) is 113 Å². The van der Waals surface area contributed by atoms with Gasteiger partial charge < -0.3 is 10.1 Å². The van der Waals surface area contributed by atoms with E-state index >= 15 is 0 Å². The van der Waals surface area contributed by atoms with Crippen LogP contribution in [0.5, 0.6) is 5.75 Å². The van der Waals surface area contributed by atoms with Crippen LogP contribution in [0.15, 0.2) is 84.4 Å². The monoisotopic (exact) mass is 533 g/mol. The van der Waals surface area contributed by atoms with Crippen molar-refractivity contribution in [3.63, 3.8) is 0 Å². The summed E-state index contributed by atoms with van der Waals surface area (Å²) in [5.41, 5.74) is -0.605. The van der Waals surface area contributed by atoms with Crippen molar-refractivity contribution in [1.82, 2.24) is 10.3 Å². The zero-order valence-electron chi connectivity index (χ0n) is 19.1. The molecule has 2 N–H and O–H groups in total. The van der Waals surface area contributed by atoms with Gasteiger partial charge in [0.1, 0.15) is 17.4 Å². The van der Waals surface area contributed by atoms with Crippen LogP contribution in [0.2, 0.25) is 0 Å². The predicted molar refractivity (Wildman–Crippen MR) is 130 cm³/mol. The van der Waals surface area contributed by atoms with E-state index in [0.29, 0.717) is 17.2 Å². The van der Waals surface area contributed by atoms with Crippen molar-refractivity contribution in [2.24, 2.45) is 0 Å². The number of hydrogen-bond donors (Lipinski definition) is 2. The summed E-state index contributed by atoms with van der Waals surface area (Å²) in [5.74, 6) is -2.18. The second kappa shape index (κ2) is 11.0. The molecule has 0 aliphatic carbocycles. The van der Waals surface area contributed by atoms with E-state index < -0.39 is 41.7 Å². The molecule has 0 aliphatic heterocycles. The molecule has 4 rings (SSSR count). The number of carbonyl (C=O) groups excluding carboxylic acids is 1. The van der Waals surface area contributed by atoms with Gasteiger partial charge in [-0.1, -0.05) is 42.5 Å². The molecule has 3 aromatic carbocycles. The summed E-state index contributed by atoms with van der Waals surface area (Å²) in [7, 11) is 0. The average molecular weight is 534 g/mol. The van der Waals surface area contributed by atoms with E-state index in [1.165, 1.54) is 18.3 Å². The van der Waals surface area contributed by atoms with Gasteiger partial charge in [0.05, 0.1) is 5.54 Å². The summed E-state index contributed by atoms with van der Waals surface area (Å²) < 4.78 is 73.2. The van der Waals surface area contributed by atoms with Crippen molar-refractivity contribution < 1.29 is 31.5 Å². The smallest absolute Gasteiger partial charge is 0.427 e. The maximum atomic E-state index is 14.8. The number of amides is 2. The molecule has 4 aromatic rings. The second-order valence-corrected chi connectivity index (χ2v) is 8.93. The van der Waals surface area contributed by atoms with Crippen molar-refractivity contribution in [1.29, 1.82) is 0 Å². The Morgan fingerprint density at radius 1 is 0.946 bits per heavy atom. The molecule has 1 atom stereocenters. The molecule has 11 heteroatoms. The fourth-order valence-corrected chi connectivity index (χ4v) is 4.39. The van der Waals surface area contributed by atoms with E-state index in [2.05, 4.69) is 20.4 Å². The van der Waals surface area contributed by atoms with Crippen LogP contribution in [0.1, 0.15) is 16.7 Å². The third-order valence-electron chi connectivity index (χ3n) is 5.42. The summed E-state index contributed by atoms with van der Waals surface area (Å²) in [6, 6.07) is 16.0. The number of rotatable bonds is 9. The Labute approximate surface area is 212 Å². The Morgan fingerprint density at radius 3 is 2.32 bits per heavy atom. The fraction of sp³-hybridized carbons (Fsp3) is 0.154. The Balaban J connectivity index is 1.89. The first kappa shape index (κ1) is 26.1. The first-order valence-electron chi connectivity index (χ1n) is 10.9. The summed E-state index contributed by atoms with van der Waals surface area (Å²) in [4.78, 5) is 17.2. The molecule has 0 aliphatic rings. The number of nitrogens with one attached hydrogen (secondary N) is 2. The zero-order chi connectivity index (χ0) is 26.5. The van der Waals surface area contributed by atoms with Gasteiger partial charge >= 0.3 is 12.1 Å². The van der Waals surface area contributed by atoms with Crippen LogP contribution in [0.3, 0.4) is 0 Å². The van der Waals surface area contributed by atoms with Crippen LogP contribution in [0.4, 0.5) is 31.9 Å². The van der Waals surface area contributed by atoms with Crippen molar-refractivity contribution >= 4 is 22.5 Å². The number of anilines is 1. The third-order valence-corrected chi connectivity index (χ3v) is 6.10. The first-order valence-corrected chi connectivity index (χ1v) is 11.8. The molecule has 0 spiro atoms. The molecule has 0 radical (unpaired) electrons. The van der Waals surface area contributed by atoms with E-state index in [1.807, 2.05) is 0 Å². The average Bonchev–Trinajstić information content (AvgIpc) is 3.37. The lowest BCUT2D eigenvalue weighted by atomic mass is 9.77. The highest BCUT2D eigenvalue weighted by Crippen LogP contribution is 2.37. The van der Waals surface area contributed by atoms with Gasteiger partial charge in [0.15, 0.2) is 11.8 Å². The number of thiazole rings is 1. The highest BCUT2D eigenvalue weighted by atomic mass is 32.1. The minimum absolute atomic E-state index is 0.00177. The van der Waals surface area contributed by atoms with Crippen molar-refractivity contribution in [2.45, 2.75) is 18.1 Å². The summed E-state index contributed by atoms with van der Waals surface area (Å²) in [6.45, 7) is -2.12. The van der Waals surface area contributed by atoms with E-state index in [0.717, 1.165) is 35.6 Å². The number of hydrogen-bond acceptors (Lipinski definition) is 4. The van der Waals surface area contributed by atoms with E-state index in [4.69, 9.17) is 0 Å². The number of urea groups is 1. The van der Waals surface area contributed by atoms with E-state index in [9.17, 15) is 26.7 Å². The summed E-state index contributed by atoms with van der Waals surface area (Å²) >= 11 is 1.16. The number of aromatic nitrogens is 1. The molecule has 0 unspecified atom stereocenters. The molecule has 5 nitrogen and oxygen atoms in total. The third kappa shape index (κ3) is 6.42. The maximum Gasteiger partial charge on any atom is 0.427 e. The largest absolute Gasteiger partial charge is 0.431 e. The molecule has 0 saturated carbocycles. The molecular weight excluding hydrogens is 513 g/mol. The minimum Gasteiger partial charge on any atom is -0.431 e. The van der Waals surface area contributed by atoms with Crippen LogP contribution in [0.25, 0.3) is 0 Å². The highest BCUT2D eigenvalue weighted by Gasteiger charge is 2.39. The fourth-order valence-electron chi connectivity index (χ4n) is 3.87. The highest BCUT2D eigenvalue weighted by molar-refractivity contribution is 7.13. The van der Waals surface area contributed by atoms with Crippen LogP contribution < -0.4 is 15.4 Å². The number of alkyl halides is 3. The van der Waals surface area contributed by atoms with Crippen LogP contribution in [-0.2, 0) is 12.0 Å². The number of nitrogens with zero attached hydrogens (tertiary/aromatic N) is 1. The lowest BCUT2D eigenvalue weighted by Crippen LogP contribution is -2.50. The SMILES string of the molecule is O=C(Nc1nccs1)N[C@](Cc1ccccc1)(c1ccc(F)cc1)c1cc(F)cc(OC(F)(F)CF)c1. The van der Waals surface area contributed by atoms with Gasteiger partial charge in [0, 0.05) is 24.1 Å². The number of halogens is 5. The van der Waals surface area contributed by atoms with Crippen LogP contribution >= 0.6 is 11.3 Å². The Hall–Kier alpha value is -3.99. The lowest BCUT2D eigenvalue weighted by molar-refractivity contribution is -0.186. The van der Waals surface area contributed by atoms with Crippen molar-refractivity contribution in [2.75, 3.05) is 12.0 Å². The van der Waals surface area contributed by atoms with Gasteiger partial charge in [0.25, 0.3) is 0 Å². The van der Waals surface area contributed by atoms with Crippen molar-refractivity contribution in [3.8, 4) is 5.75 Å². The van der Waals surface area contributed by atoms with Gasteiger partial charge in [-0.05, 0) is 41.0 Å². The van der Waals surface area contributed by atoms with E-state index in [1.54, 1.807) is 35.7 Å². The Bertz CT molecular complexity index is 1340. The molecule has 1 aromatic heterocycles. The molecule has 192 valence electrons. The van der Waals surface area contributed by atoms with Gasteiger partial charge in [-0.3, -0.25) is 5.32 Å². The van der Waals surface area contributed by atoms with Gasteiger partial charge in [-0.2, -0.15) is 8.78 Å². The Kier molecular flexibility index (Phi) is 7.72. The summed E-state index contributed by atoms with van der Waals surface area (Å²) in [6.07, 6.45) is -2.70. The number of carbonyl (C=O) groups is 1. The van der Waals surface area contributed by atoms with Gasteiger partial charge in [-0.25, -0.2) is 22.9 Å². The van der Waals surface area contributed by atoms with E-state index in [-0.39, 0.29) is 17.1 Å². The van der Waals surface area contributed by atoms with Gasteiger partial charge in [0.2, 0.25) is 0 Å². The quantitative estimate of drug-likeness (QED) is 0.236. The molecule has 2 amide bonds. The molecule has 0 bridgehead atoms. The normalized spacial score (nSPS) is 13.0.